The largest absolute Gasteiger partial charge is 0.472 e. The van der Waals surface area contributed by atoms with Crippen molar-refractivity contribution in [1.82, 2.24) is 0 Å². The molecule has 0 spiro atoms. The van der Waals surface area contributed by atoms with E-state index < -0.39 is 8.77 Å². The Hall–Kier alpha value is -1.17. The molecule has 0 radical (unpaired) electrons. The van der Waals surface area contributed by atoms with Crippen LogP contribution in [0, 0.1) is 6.92 Å². The molecule has 0 aliphatic heterocycles. The highest BCUT2D eigenvalue weighted by Crippen LogP contribution is 2.17. The van der Waals surface area contributed by atoms with Crippen molar-refractivity contribution in [1.29, 1.82) is 0 Å². The summed E-state index contributed by atoms with van der Waals surface area (Å²) in [5, 5.41) is 0. The lowest BCUT2D eigenvalue weighted by molar-refractivity contribution is 0.349. The summed E-state index contributed by atoms with van der Waals surface area (Å²) in [7, 11) is -2.84. The summed E-state index contributed by atoms with van der Waals surface area (Å²) in [4.78, 5) is 0.590. The molecule has 2 aromatic rings. The van der Waals surface area contributed by atoms with Gasteiger partial charge in [-0.25, -0.2) is 4.21 Å². The Balaban J connectivity index is 2.02. The summed E-state index contributed by atoms with van der Waals surface area (Å²) in [5.74, 6) is 0. The van der Waals surface area contributed by atoms with Crippen LogP contribution in [0.2, 0.25) is 0 Å². The third-order valence-corrected chi connectivity index (χ3v) is 4.87. The van der Waals surface area contributed by atoms with Crippen molar-refractivity contribution in [3.63, 3.8) is 0 Å². The van der Waals surface area contributed by atoms with Crippen molar-refractivity contribution < 1.29 is 12.8 Å². The topological polar surface area (TPSA) is 39.4 Å². The standard InChI is InChI=1S/C13H14O3S2/c1-11-4-2-3-5-13(11)18(14,17)16-9-7-12-6-8-15-10-12/h2-6,8,10H,7,9H2,1H3. The molecule has 0 aliphatic carbocycles. The fourth-order valence-corrected chi connectivity index (χ4v) is 3.51. The Bertz CT molecular complexity index is 601. The van der Waals surface area contributed by atoms with Gasteiger partial charge in [0.05, 0.1) is 24.0 Å². The Morgan fingerprint density at radius 2 is 2.11 bits per heavy atom. The van der Waals surface area contributed by atoms with Gasteiger partial charge < -0.3 is 4.42 Å². The number of rotatable bonds is 5. The lowest BCUT2D eigenvalue weighted by atomic mass is 10.2. The summed E-state index contributed by atoms with van der Waals surface area (Å²) in [6.45, 7) is 2.19. The quantitative estimate of drug-likeness (QED) is 0.845. The van der Waals surface area contributed by atoms with Gasteiger partial charge in [0.2, 0.25) is 0 Å². The van der Waals surface area contributed by atoms with Crippen LogP contribution in [0.15, 0.2) is 52.2 Å². The van der Waals surface area contributed by atoms with Gasteiger partial charge in [-0.05, 0) is 30.2 Å². The van der Waals surface area contributed by atoms with E-state index in [0.717, 1.165) is 11.1 Å². The van der Waals surface area contributed by atoms with E-state index in [9.17, 15) is 4.21 Å². The molecule has 1 heterocycles. The van der Waals surface area contributed by atoms with Crippen LogP contribution in [-0.4, -0.2) is 10.8 Å². The first-order valence-electron chi connectivity index (χ1n) is 5.56. The van der Waals surface area contributed by atoms with E-state index in [0.29, 0.717) is 17.9 Å². The van der Waals surface area contributed by atoms with Gasteiger partial charge >= 0.3 is 0 Å². The predicted molar refractivity (Wildman–Crippen MR) is 73.3 cm³/mol. The SMILES string of the molecule is Cc1ccccc1S(=O)(=S)OCCc1ccoc1. The number of aryl methyl sites for hydroxylation is 1. The fourth-order valence-electron chi connectivity index (χ4n) is 1.60. The van der Waals surface area contributed by atoms with Crippen LogP contribution in [0.25, 0.3) is 0 Å². The van der Waals surface area contributed by atoms with Crippen LogP contribution in [0.1, 0.15) is 11.1 Å². The van der Waals surface area contributed by atoms with Gasteiger partial charge in [0.25, 0.3) is 0 Å². The molecule has 0 saturated heterocycles. The summed E-state index contributed by atoms with van der Waals surface area (Å²) in [6.07, 6.45) is 3.88. The minimum atomic E-state index is -2.84. The molecule has 0 amide bonds. The maximum absolute atomic E-state index is 12.3. The van der Waals surface area contributed by atoms with Gasteiger partial charge in [-0.1, -0.05) is 18.2 Å². The van der Waals surface area contributed by atoms with Crippen LogP contribution < -0.4 is 0 Å². The number of hydrogen-bond donors (Lipinski definition) is 0. The molecular weight excluding hydrogens is 268 g/mol. The van der Waals surface area contributed by atoms with E-state index in [2.05, 4.69) is 0 Å². The third kappa shape index (κ3) is 3.19. The highest BCUT2D eigenvalue weighted by atomic mass is 32.8. The smallest absolute Gasteiger partial charge is 0.173 e. The van der Waals surface area contributed by atoms with Crippen molar-refractivity contribution >= 4 is 20.0 Å². The molecule has 2 rings (SSSR count). The second-order valence-electron chi connectivity index (χ2n) is 3.92. The van der Waals surface area contributed by atoms with Crippen LogP contribution in [0.4, 0.5) is 0 Å². The van der Waals surface area contributed by atoms with Crippen molar-refractivity contribution in [2.75, 3.05) is 6.61 Å². The van der Waals surface area contributed by atoms with Gasteiger partial charge in [-0.2, -0.15) is 0 Å². The monoisotopic (exact) mass is 282 g/mol. The summed E-state index contributed by atoms with van der Waals surface area (Å²) < 4.78 is 22.6. The summed E-state index contributed by atoms with van der Waals surface area (Å²) >= 11 is 5.07. The molecule has 96 valence electrons. The van der Waals surface area contributed by atoms with E-state index in [1.807, 2.05) is 31.2 Å². The van der Waals surface area contributed by atoms with E-state index >= 15 is 0 Å². The molecule has 1 aromatic carbocycles. The lowest BCUT2D eigenvalue weighted by Gasteiger charge is -2.10. The van der Waals surface area contributed by atoms with E-state index in [-0.39, 0.29) is 0 Å². The van der Waals surface area contributed by atoms with Crippen LogP contribution in [0.5, 0.6) is 0 Å². The molecule has 0 aliphatic rings. The minimum Gasteiger partial charge on any atom is -0.472 e. The molecular formula is C13H14O3S2. The number of furan rings is 1. The summed E-state index contributed by atoms with van der Waals surface area (Å²) in [6, 6.07) is 9.18. The number of benzene rings is 1. The Morgan fingerprint density at radius 3 is 2.78 bits per heavy atom. The van der Waals surface area contributed by atoms with Crippen molar-refractivity contribution in [3.8, 4) is 0 Å². The minimum absolute atomic E-state index is 0.316. The van der Waals surface area contributed by atoms with E-state index in [1.54, 1.807) is 18.6 Å². The predicted octanol–water partition coefficient (Wildman–Crippen LogP) is 2.87. The maximum atomic E-state index is 12.3. The second kappa shape index (κ2) is 5.65. The first kappa shape index (κ1) is 13.3. The highest BCUT2D eigenvalue weighted by Gasteiger charge is 2.13. The summed E-state index contributed by atoms with van der Waals surface area (Å²) in [5.41, 5.74) is 1.89. The van der Waals surface area contributed by atoms with Gasteiger partial charge in [-0.3, -0.25) is 4.18 Å². The molecule has 0 fully saturated rings. The Morgan fingerprint density at radius 1 is 1.33 bits per heavy atom. The van der Waals surface area contributed by atoms with Crippen molar-refractivity contribution in [2.24, 2.45) is 0 Å². The van der Waals surface area contributed by atoms with Crippen molar-refractivity contribution in [3.05, 3.63) is 54.0 Å². The van der Waals surface area contributed by atoms with Gasteiger partial charge in [0.15, 0.2) is 8.77 Å². The van der Waals surface area contributed by atoms with Crippen molar-refractivity contribution in [2.45, 2.75) is 18.2 Å². The van der Waals surface area contributed by atoms with Crippen LogP contribution in [0.3, 0.4) is 0 Å². The van der Waals surface area contributed by atoms with Crippen LogP contribution in [-0.2, 0) is 30.6 Å². The zero-order valence-corrected chi connectivity index (χ0v) is 11.6. The molecule has 3 nitrogen and oxygen atoms in total. The molecule has 1 atom stereocenters. The molecule has 18 heavy (non-hydrogen) atoms. The van der Waals surface area contributed by atoms with Crippen LogP contribution >= 0.6 is 0 Å². The molecule has 5 heteroatoms. The molecule has 0 bridgehead atoms. The third-order valence-electron chi connectivity index (χ3n) is 2.57. The maximum Gasteiger partial charge on any atom is 0.173 e. The Kier molecular flexibility index (Phi) is 4.16. The first-order chi connectivity index (χ1) is 8.59. The molecule has 0 N–H and O–H groups in total. The molecule has 0 saturated carbocycles. The first-order valence-corrected chi connectivity index (χ1v) is 7.96. The second-order valence-corrected chi connectivity index (χ2v) is 6.82. The molecule has 1 aromatic heterocycles. The number of hydrogen-bond acceptors (Lipinski definition) is 4. The van der Waals surface area contributed by atoms with E-state index in [1.165, 1.54) is 0 Å². The lowest BCUT2D eigenvalue weighted by Crippen LogP contribution is -2.09. The van der Waals surface area contributed by atoms with Gasteiger partial charge in [0.1, 0.15) is 0 Å². The highest BCUT2D eigenvalue weighted by molar-refractivity contribution is 8.30. The fraction of sp³-hybridized carbons (Fsp3) is 0.231. The average molecular weight is 282 g/mol. The van der Waals surface area contributed by atoms with Gasteiger partial charge in [0, 0.05) is 17.6 Å². The van der Waals surface area contributed by atoms with Gasteiger partial charge in [-0.15, -0.1) is 0 Å². The van der Waals surface area contributed by atoms with E-state index in [4.69, 9.17) is 19.8 Å². The average Bonchev–Trinajstić information content (AvgIpc) is 2.82. The normalized spacial score (nSPS) is 14.3. The Labute approximate surface area is 112 Å². The zero-order chi connectivity index (χ0) is 13.0. The zero-order valence-electron chi connectivity index (χ0n) is 10.00. The molecule has 1 unspecified atom stereocenters.